The normalized spacial score (nSPS) is 22.0. The highest BCUT2D eigenvalue weighted by Gasteiger charge is 2.22. The Balaban J connectivity index is 1.82. The number of hydrogen-bond donors (Lipinski definition) is 1. The molecule has 0 saturated carbocycles. The van der Waals surface area contributed by atoms with E-state index in [2.05, 4.69) is 0 Å². The summed E-state index contributed by atoms with van der Waals surface area (Å²) in [5.74, 6) is 3.80. The lowest BCUT2D eigenvalue weighted by molar-refractivity contribution is 0.255. The average Bonchev–Trinajstić information content (AvgIpc) is 2.79. The predicted molar refractivity (Wildman–Crippen MR) is 70.4 cm³/mol. The van der Waals surface area contributed by atoms with Crippen LogP contribution in [0.5, 0.6) is 5.75 Å². The fourth-order valence-electron chi connectivity index (χ4n) is 1.78. The molecule has 16 heavy (non-hydrogen) atoms. The van der Waals surface area contributed by atoms with Crippen molar-refractivity contribution in [2.75, 3.05) is 18.1 Å². The van der Waals surface area contributed by atoms with Crippen molar-refractivity contribution in [3.63, 3.8) is 0 Å². The van der Waals surface area contributed by atoms with Crippen molar-refractivity contribution in [3.05, 3.63) is 29.3 Å². The molecule has 1 aliphatic rings. The number of nitrogens with two attached hydrogens (primary N) is 1. The van der Waals surface area contributed by atoms with Crippen LogP contribution in [0.4, 0.5) is 0 Å². The van der Waals surface area contributed by atoms with E-state index in [1.54, 1.807) is 0 Å². The van der Waals surface area contributed by atoms with E-state index in [9.17, 15) is 0 Å². The van der Waals surface area contributed by atoms with Crippen LogP contribution in [0.3, 0.4) is 0 Å². The van der Waals surface area contributed by atoms with Gasteiger partial charge in [0.25, 0.3) is 0 Å². The number of halogens is 1. The molecule has 88 valence electrons. The van der Waals surface area contributed by atoms with E-state index in [1.807, 2.05) is 36.0 Å². The van der Waals surface area contributed by atoms with Crippen molar-refractivity contribution >= 4 is 23.4 Å². The number of ether oxygens (including phenoxy) is 1. The van der Waals surface area contributed by atoms with E-state index in [-0.39, 0.29) is 6.04 Å². The van der Waals surface area contributed by atoms with Crippen LogP contribution in [-0.4, -0.2) is 24.2 Å². The second-order valence-electron chi connectivity index (χ2n) is 4.06. The molecule has 2 rings (SSSR count). The molecule has 1 aromatic rings. The fourth-order valence-corrected chi connectivity index (χ4v) is 3.31. The maximum atomic E-state index is 6.09. The molecule has 2 unspecified atom stereocenters. The van der Waals surface area contributed by atoms with Gasteiger partial charge in [-0.25, -0.2) is 0 Å². The van der Waals surface area contributed by atoms with Crippen LogP contribution in [0.1, 0.15) is 6.42 Å². The molecule has 0 aromatic heterocycles. The van der Waals surface area contributed by atoms with Crippen molar-refractivity contribution in [2.24, 2.45) is 11.7 Å². The van der Waals surface area contributed by atoms with E-state index in [4.69, 9.17) is 22.1 Å². The van der Waals surface area contributed by atoms with Gasteiger partial charge in [-0.2, -0.15) is 11.8 Å². The molecule has 0 spiro atoms. The van der Waals surface area contributed by atoms with E-state index < -0.39 is 0 Å². The highest BCUT2D eigenvalue weighted by Crippen LogP contribution is 2.26. The van der Waals surface area contributed by atoms with Gasteiger partial charge in [-0.05, 0) is 42.0 Å². The maximum Gasteiger partial charge on any atom is 0.120 e. The summed E-state index contributed by atoms with van der Waals surface area (Å²) in [6, 6.07) is 7.57. The van der Waals surface area contributed by atoms with Crippen LogP contribution < -0.4 is 10.5 Å². The van der Waals surface area contributed by atoms with E-state index in [0.717, 1.165) is 5.75 Å². The van der Waals surface area contributed by atoms with Gasteiger partial charge in [0.15, 0.2) is 0 Å². The Labute approximate surface area is 105 Å². The molecular weight excluding hydrogens is 242 g/mol. The Hall–Kier alpha value is -0.380. The van der Waals surface area contributed by atoms with E-state index in [1.165, 1.54) is 17.9 Å². The van der Waals surface area contributed by atoms with Gasteiger partial charge >= 0.3 is 0 Å². The number of benzene rings is 1. The first kappa shape index (κ1) is 12.1. The van der Waals surface area contributed by atoms with Gasteiger partial charge in [-0.3, -0.25) is 0 Å². The first-order valence-electron chi connectivity index (χ1n) is 5.47. The van der Waals surface area contributed by atoms with Crippen LogP contribution in [0.2, 0.25) is 5.02 Å². The first-order valence-corrected chi connectivity index (χ1v) is 7.00. The molecular formula is C12H16ClNOS. The molecule has 0 bridgehead atoms. The predicted octanol–water partition coefficient (Wildman–Crippen LogP) is 2.80. The molecule has 1 heterocycles. The summed E-state index contributed by atoms with van der Waals surface area (Å²) in [5, 5.41) is 0.697. The van der Waals surface area contributed by atoms with Crippen molar-refractivity contribution < 1.29 is 4.74 Å². The second kappa shape index (κ2) is 5.80. The number of thioether (sulfide) groups is 1. The Bertz CT molecular complexity index is 342. The van der Waals surface area contributed by atoms with Gasteiger partial charge < -0.3 is 10.5 Å². The van der Waals surface area contributed by atoms with Crippen molar-refractivity contribution in [2.45, 2.75) is 12.5 Å². The highest BCUT2D eigenvalue weighted by atomic mass is 35.5. The van der Waals surface area contributed by atoms with Crippen molar-refractivity contribution in [1.82, 2.24) is 0 Å². The third-order valence-electron chi connectivity index (χ3n) is 2.81. The Kier molecular flexibility index (Phi) is 4.38. The van der Waals surface area contributed by atoms with Crippen LogP contribution in [0, 0.1) is 5.92 Å². The molecule has 4 heteroatoms. The summed E-state index contributed by atoms with van der Waals surface area (Å²) in [6.07, 6.45) is 1.21. The first-order chi connectivity index (χ1) is 7.75. The van der Waals surface area contributed by atoms with Crippen molar-refractivity contribution in [3.8, 4) is 5.75 Å². The summed E-state index contributed by atoms with van der Waals surface area (Å²) < 4.78 is 5.64. The van der Waals surface area contributed by atoms with Crippen LogP contribution >= 0.6 is 23.4 Å². The van der Waals surface area contributed by atoms with Gasteiger partial charge in [0.1, 0.15) is 12.4 Å². The van der Waals surface area contributed by atoms with Crippen LogP contribution in [0.15, 0.2) is 24.3 Å². The van der Waals surface area contributed by atoms with Gasteiger partial charge in [-0.15, -0.1) is 0 Å². The molecule has 1 aromatic carbocycles. The Morgan fingerprint density at radius 2 is 2.44 bits per heavy atom. The summed E-state index contributed by atoms with van der Waals surface area (Å²) in [4.78, 5) is 0. The second-order valence-corrected chi connectivity index (χ2v) is 5.64. The van der Waals surface area contributed by atoms with Gasteiger partial charge in [0.05, 0.1) is 0 Å². The molecule has 2 N–H and O–H groups in total. The molecule has 2 nitrogen and oxygen atoms in total. The lowest BCUT2D eigenvalue weighted by Crippen LogP contribution is -2.35. The number of hydrogen-bond acceptors (Lipinski definition) is 3. The van der Waals surface area contributed by atoms with Gasteiger partial charge in [0.2, 0.25) is 0 Å². The lowest BCUT2D eigenvalue weighted by Gasteiger charge is -2.18. The molecule has 1 aliphatic heterocycles. The third kappa shape index (κ3) is 3.30. The molecule has 0 amide bonds. The summed E-state index contributed by atoms with van der Waals surface area (Å²) in [6.45, 7) is 0.575. The Morgan fingerprint density at radius 3 is 3.12 bits per heavy atom. The van der Waals surface area contributed by atoms with E-state index >= 15 is 0 Å². The smallest absolute Gasteiger partial charge is 0.120 e. The minimum absolute atomic E-state index is 0.133. The van der Waals surface area contributed by atoms with E-state index in [0.29, 0.717) is 17.5 Å². The fraction of sp³-hybridized carbons (Fsp3) is 0.500. The SMILES string of the molecule is NC(COc1cccc(Cl)c1)C1CCSC1. The lowest BCUT2D eigenvalue weighted by atomic mass is 10.0. The molecule has 2 atom stereocenters. The molecule has 1 saturated heterocycles. The van der Waals surface area contributed by atoms with Gasteiger partial charge in [-0.1, -0.05) is 17.7 Å². The third-order valence-corrected chi connectivity index (χ3v) is 4.23. The van der Waals surface area contributed by atoms with Crippen LogP contribution in [0.25, 0.3) is 0 Å². The topological polar surface area (TPSA) is 35.2 Å². The number of rotatable bonds is 4. The Morgan fingerprint density at radius 1 is 1.56 bits per heavy atom. The quantitative estimate of drug-likeness (QED) is 0.901. The minimum Gasteiger partial charge on any atom is -0.492 e. The van der Waals surface area contributed by atoms with Gasteiger partial charge in [0, 0.05) is 11.1 Å². The van der Waals surface area contributed by atoms with Crippen LogP contribution in [-0.2, 0) is 0 Å². The molecule has 1 fully saturated rings. The van der Waals surface area contributed by atoms with Crippen molar-refractivity contribution in [1.29, 1.82) is 0 Å². The standard InChI is InChI=1S/C12H16ClNOS/c13-10-2-1-3-11(6-10)15-7-12(14)9-4-5-16-8-9/h1-3,6,9,12H,4-5,7-8,14H2. The summed E-state index contributed by atoms with van der Waals surface area (Å²) >= 11 is 7.85. The average molecular weight is 258 g/mol. The highest BCUT2D eigenvalue weighted by molar-refractivity contribution is 7.99. The minimum atomic E-state index is 0.133. The zero-order chi connectivity index (χ0) is 11.4. The zero-order valence-electron chi connectivity index (χ0n) is 9.06. The summed E-state index contributed by atoms with van der Waals surface area (Å²) in [5.41, 5.74) is 6.09. The molecule has 0 radical (unpaired) electrons. The summed E-state index contributed by atoms with van der Waals surface area (Å²) in [7, 11) is 0. The molecule has 0 aliphatic carbocycles. The monoisotopic (exact) mass is 257 g/mol. The largest absolute Gasteiger partial charge is 0.492 e. The maximum absolute atomic E-state index is 6.09. The zero-order valence-corrected chi connectivity index (χ0v) is 10.6.